The number of carbonyl (C=O) groups excluding carboxylic acids is 2. The van der Waals surface area contributed by atoms with E-state index in [0.717, 1.165) is 56.8 Å². The Morgan fingerprint density at radius 2 is 1.96 bits per heavy atom. The molecule has 1 aromatic heterocycles. The van der Waals surface area contributed by atoms with Gasteiger partial charge in [0.15, 0.2) is 0 Å². The Hall–Kier alpha value is -2.02. The predicted molar refractivity (Wildman–Crippen MR) is 98.4 cm³/mol. The fourth-order valence-electron chi connectivity index (χ4n) is 4.05. The number of aryl methyl sites for hydroxylation is 1. The lowest BCUT2D eigenvalue weighted by atomic mass is 9.96. The summed E-state index contributed by atoms with van der Waals surface area (Å²) >= 11 is 0. The van der Waals surface area contributed by atoms with Crippen molar-refractivity contribution in [3.05, 3.63) is 23.7 Å². The molecule has 0 unspecified atom stereocenters. The van der Waals surface area contributed by atoms with Crippen LogP contribution in [0, 0.1) is 12.8 Å². The van der Waals surface area contributed by atoms with E-state index in [-0.39, 0.29) is 6.03 Å². The first-order valence-electron chi connectivity index (χ1n) is 9.60. The third-order valence-corrected chi connectivity index (χ3v) is 5.72. The lowest BCUT2D eigenvalue weighted by molar-refractivity contribution is -0.123. The molecular weight excluding hydrogens is 332 g/mol. The largest absolute Gasteiger partial charge is 0.465 e. The number of amides is 3. The lowest BCUT2D eigenvalue weighted by Crippen LogP contribution is -2.58. The van der Waals surface area contributed by atoms with Crippen LogP contribution in [0.5, 0.6) is 0 Å². The van der Waals surface area contributed by atoms with Crippen LogP contribution in [-0.4, -0.2) is 42.0 Å². The third-order valence-electron chi connectivity index (χ3n) is 5.72. The summed E-state index contributed by atoms with van der Waals surface area (Å²) in [6.45, 7) is 5.43. The van der Waals surface area contributed by atoms with Gasteiger partial charge < -0.3 is 20.8 Å². The maximum atomic E-state index is 12.2. The highest BCUT2D eigenvalue weighted by Crippen LogP contribution is 2.29. The third kappa shape index (κ3) is 4.58. The summed E-state index contributed by atoms with van der Waals surface area (Å²) < 4.78 is 5.64. The topological polar surface area (TPSA) is 101 Å². The second-order valence-corrected chi connectivity index (χ2v) is 7.72. The molecule has 1 aliphatic heterocycles. The van der Waals surface area contributed by atoms with Gasteiger partial charge in [0.05, 0.1) is 6.54 Å². The Labute approximate surface area is 154 Å². The van der Waals surface area contributed by atoms with Crippen molar-refractivity contribution in [2.24, 2.45) is 11.7 Å². The van der Waals surface area contributed by atoms with Gasteiger partial charge in [-0.05, 0) is 63.7 Å². The first-order chi connectivity index (χ1) is 12.5. The maximum Gasteiger partial charge on any atom is 0.315 e. The number of urea groups is 1. The molecule has 0 atom stereocenters. The monoisotopic (exact) mass is 362 g/mol. The number of primary amides is 1. The van der Waals surface area contributed by atoms with Crippen molar-refractivity contribution in [3.8, 4) is 0 Å². The number of nitrogens with zero attached hydrogens (tertiary/aromatic N) is 1. The number of hydrogen-bond donors (Lipinski definition) is 3. The van der Waals surface area contributed by atoms with Crippen molar-refractivity contribution in [1.82, 2.24) is 15.5 Å². The van der Waals surface area contributed by atoms with E-state index in [1.54, 1.807) is 0 Å². The molecule has 2 fully saturated rings. The van der Waals surface area contributed by atoms with Gasteiger partial charge in [-0.15, -0.1) is 0 Å². The zero-order chi connectivity index (χ0) is 18.6. The van der Waals surface area contributed by atoms with Crippen LogP contribution in [0.4, 0.5) is 4.79 Å². The highest BCUT2D eigenvalue weighted by atomic mass is 16.3. The molecule has 0 bridgehead atoms. The number of likely N-dealkylation sites (tertiary alicyclic amines) is 1. The average Bonchev–Trinajstić information content (AvgIpc) is 3.24. The van der Waals surface area contributed by atoms with Gasteiger partial charge in [-0.25, -0.2) is 4.79 Å². The van der Waals surface area contributed by atoms with Crippen LogP contribution in [0.15, 0.2) is 16.5 Å². The van der Waals surface area contributed by atoms with E-state index in [9.17, 15) is 9.59 Å². The molecule has 2 heterocycles. The number of carbonyl (C=O) groups is 2. The van der Waals surface area contributed by atoms with Gasteiger partial charge in [-0.1, -0.05) is 12.8 Å². The molecule has 0 spiro atoms. The van der Waals surface area contributed by atoms with Crippen LogP contribution in [0.2, 0.25) is 0 Å². The number of nitrogens with one attached hydrogen (secondary N) is 2. The maximum absolute atomic E-state index is 12.2. The van der Waals surface area contributed by atoms with Gasteiger partial charge in [0.2, 0.25) is 5.91 Å². The van der Waals surface area contributed by atoms with Crippen LogP contribution in [0.25, 0.3) is 0 Å². The number of piperidine rings is 1. The molecule has 0 aromatic carbocycles. The van der Waals surface area contributed by atoms with Gasteiger partial charge in [0.25, 0.3) is 0 Å². The SMILES string of the molecule is Cc1ccc(CN2CCC(CNC(=O)NC3(C(N)=O)CCCC3)CC2)o1. The summed E-state index contributed by atoms with van der Waals surface area (Å²) in [4.78, 5) is 26.3. The van der Waals surface area contributed by atoms with Crippen molar-refractivity contribution in [1.29, 1.82) is 0 Å². The van der Waals surface area contributed by atoms with Gasteiger partial charge in [0, 0.05) is 6.54 Å². The molecule has 144 valence electrons. The van der Waals surface area contributed by atoms with Crippen LogP contribution >= 0.6 is 0 Å². The van der Waals surface area contributed by atoms with Crippen LogP contribution in [-0.2, 0) is 11.3 Å². The Morgan fingerprint density at radius 3 is 2.54 bits per heavy atom. The molecule has 26 heavy (non-hydrogen) atoms. The Kier molecular flexibility index (Phi) is 5.86. The molecule has 1 aliphatic carbocycles. The van der Waals surface area contributed by atoms with Gasteiger partial charge in [-0.2, -0.15) is 0 Å². The molecule has 4 N–H and O–H groups in total. The fraction of sp³-hybridized carbons (Fsp3) is 0.684. The Bertz CT molecular complexity index is 628. The van der Waals surface area contributed by atoms with E-state index in [4.69, 9.17) is 10.2 Å². The predicted octanol–water partition coefficient (Wildman–Crippen LogP) is 1.90. The van der Waals surface area contributed by atoms with E-state index in [0.29, 0.717) is 25.3 Å². The van der Waals surface area contributed by atoms with Gasteiger partial charge >= 0.3 is 6.03 Å². The van der Waals surface area contributed by atoms with Crippen molar-refractivity contribution < 1.29 is 14.0 Å². The number of hydrogen-bond acceptors (Lipinski definition) is 4. The van der Waals surface area contributed by atoms with Gasteiger partial charge in [0.1, 0.15) is 17.1 Å². The van der Waals surface area contributed by atoms with Crippen molar-refractivity contribution in [2.45, 2.75) is 57.5 Å². The standard InChI is InChI=1S/C19H30N4O3/c1-14-4-5-16(26-14)13-23-10-6-15(7-11-23)12-21-18(25)22-19(17(20)24)8-2-3-9-19/h4-5,15H,2-3,6-13H2,1H3,(H2,20,24)(H2,21,22,25). The van der Waals surface area contributed by atoms with Crippen LogP contribution in [0.3, 0.4) is 0 Å². The number of rotatable bonds is 6. The summed E-state index contributed by atoms with van der Waals surface area (Å²) in [7, 11) is 0. The molecule has 1 saturated carbocycles. The van der Waals surface area contributed by atoms with E-state index in [2.05, 4.69) is 15.5 Å². The normalized spacial score (nSPS) is 20.8. The number of furan rings is 1. The summed E-state index contributed by atoms with van der Waals surface area (Å²) in [5.41, 5.74) is 4.65. The van der Waals surface area contributed by atoms with E-state index in [1.807, 2.05) is 19.1 Å². The Balaban J connectivity index is 1.38. The highest BCUT2D eigenvalue weighted by molar-refractivity contribution is 5.90. The minimum absolute atomic E-state index is 0.279. The second kappa shape index (κ2) is 8.12. The molecule has 1 aromatic rings. The molecule has 0 radical (unpaired) electrons. The fourth-order valence-corrected chi connectivity index (χ4v) is 4.05. The zero-order valence-corrected chi connectivity index (χ0v) is 15.6. The summed E-state index contributed by atoms with van der Waals surface area (Å²) in [6.07, 6.45) is 5.22. The lowest BCUT2D eigenvalue weighted by Gasteiger charge is -2.32. The molecule has 3 rings (SSSR count). The molecular formula is C19H30N4O3. The van der Waals surface area contributed by atoms with Crippen LogP contribution < -0.4 is 16.4 Å². The molecule has 2 aliphatic rings. The first-order valence-corrected chi connectivity index (χ1v) is 9.60. The number of nitrogens with two attached hydrogens (primary N) is 1. The van der Waals surface area contributed by atoms with E-state index >= 15 is 0 Å². The minimum Gasteiger partial charge on any atom is -0.465 e. The molecule has 7 heteroatoms. The van der Waals surface area contributed by atoms with E-state index in [1.165, 1.54) is 0 Å². The molecule has 3 amide bonds. The molecule has 7 nitrogen and oxygen atoms in total. The van der Waals surface area contributed by atoms with Crippen LogP contribution in [0.1, 0.15) is 50.0 Å². The van der Waals surface area contributed by atoms with Gasteiger partial charge in [-0.3, -0.25) is 9.69 Å². The van der Waals surface area contributed by atoms with Crippen molar-refractivity contribution >= 4 is 11.9 Å². The van der Waals surface area contributed by atoms with Crippen molar-refractivity contribution in [2.75, 3.05) is 19.6 Å². The first kappa shape index (κ1) is 18.8. The zero-order valence-electron chi connectivity index (χ0n) is 15.6. The van der Waals surface area contributed by atoms with Crippen molar-refractivity contribution in [3.63, 3.8) is 0 Å². The quantitative estimate of drug-likeness (QED) is 0.719. The second-order valence-electron chi connectivity index (χ2n) is 7.72. The summed E-state index contributed by atoms with van der Waals surface area (Å²) in [6, 6.07) is 3.75. The smallest absolute Gasteiger partial charge is 0.315 e. The Morgan fingerprint density at radius 1 is 1.27 bits per heavy atom. The highest BCUT2D eigenvalue weighted by Gasteiger charge is 2.40. The summed E-state index contributed by atoms with van der Waals surface area (Å²) in [5, 5.41) is 5.76. The van der Waals surface area contributed by atoms with E-state index < -0.39 is 11.4 Å². The summed E-state index contributed by atoms with van der Waals surface area (Å²) in [5.74, 6) is 1.99. The minimum atomic E-state index is -0.853. The molecule has 1 saturated heterocycles. The average molecular weight is 362 g/mol.